The van der Waals surface area contributed by atoms with Crippen LogP contribution in [0.25, 0.3) is 32.8 Å². The fourth-order valence-corrected chi connectivity index (χ4v) is 6.07. The minimum Gasteiger partial charge on any atom is -0.508 e. The standard InChI is InChI=1S/C32H39ClFN5O2/c1-6-38(7-2)13-10-14-41-32-35-30-26(31(36-32)39-19-20(3)37(5)18-21(39)4)17-27(33)28(29(30)34)25-16-23(40)15-22-11-8-9-12-24(22)25/h8-9,11-12,15-17,20-21,40H,6-7,10,13-14,18-19H2,1-5H3/t20-,21+/m1/s1. The average Bonchev–Trinajstić information content (AvgIpc) is 2.95. The lowest BCUT2D eigenvalue weighted by atomic mass is 9.96. The third kappa shape index (κ3) is 5.92. The Hall–Kier alpha value is -3.20. The van der Waals surface area contributed by atoms with Gasteiger partial charge in [0.05, 0.1) is 11.6 Å². The van der Waals surface area contributed by atoms with Crippen molar-refractivity contribution in [2.45, 2.75) is 46.2 Å². The number of nitrogens with zero attached hydrogens (tertiary/aromatic N) is 5. The molecule has 0 radical (unpaired) electrons. The first kappa shape index (κ1) is 29.3. The first-order chi connectivity index (χ1) is 19.7. The minimum absolute atomic E-state index is 0.0371. The maximum Gasteiger partial charge on any atom is 0.319 e. The summed E-state index contributed by atoms with van der Waals surface area (Å²) >= 11 is 6.85. The normalized spacial score (nSPS) is 18.1. The average molecular weight is 580 g/mol. The second-order valence-electron chi connectivity index (χ2n) is 11.0. The largest absolute Gasteiger partial charge is 0.508 e. The van der Waals surface area contributed by atoms with Crippen LogP contribution in [0.2, 0.25) is 5.02 Å². The van der Waals surface area contributed by atoms with E-state index in [1.807, 2.05) is 24.3 Å². The van der Waals surface area contributed by atoms with Crippen molar-refractivity contribution in [3.8, 4) is 22.9 Å². The van der Waals surface area contributed by atoms with Gasteiger partial charge in [0.25, 0.3) is 0 Å². The Morgan fingerprint density at radius 1 is 1.05 bits per heavy atom. The van der Waals surface area contributed by atoms with Gasteiger partial charge in [-0.2, -0.15) is 9.97 Å². The molecule has 1 aliphatic rings. The number of benzene rings is 3. The predicted octanol–water partition coefficient (Wildman–Crippen LogP) is 6.59. The summed E-state index contributed by atoms with van der Waals surface area (Å²) in [6.45, 7) is 13.5. The first-order valence-electron chi connectivity index (χ1n) is 14.5. The molecule has 1 N–H and O–H groups in total. The van der Waals surface area contributed by atoms with Gasteiger partial charge in [-0.15, -0.1) is 0 Å². The van der Waals surface area contributed by atoms with E-state index in [1.165, 1.54) is 0 Å². The Morgan fingerprint density at radius 2 is 1.80 bits per heavy atom. The maximum atomic E-state index is 16.7. The Labute approximate surface area is 246 Å². The molecular weight excluding hydrogens is 541 g/mol. The molecule has 2 heterocycles. The summed E-state index contributed by atoms with van der Waals surface area (Å²) in [6, 6.07) is 13.1. The van der Waals surface area contributed by atoms with E-state index in [1.54, 1.807) is 18.2 Å². The third-order valence-electron chi connectivity index (χ3n) is 8.27. The fourth-order valence-electron chi connectivity index (χ4n) is 5.78. The highest BCUT2D eigenvalue weighted by Crippen LogP contribution is 2.42. The van der Waals surface area contributed by atoms with Gasteiger partial charge >= 0.3 is 6.01 Å². The number of phenols is 1. The zero-order valence-corrected chi connectivity index (χ0v) is 25.2. The summed E-state index contributed by atoms with van der Waals surface area (Å²) in [5.41, 5.74) is 0.857. The number of hydrogen-bond donors (Lipinski definition) is 1. The number of halogens is 2. The number of ether oxygens (including phenoxy) is 1. The maximum absolute atomic E-state index is 16.7. The molecule has 0 aliphatic carbocycles. The molecule has 7 nitrogen and oxygen atoms in total. The van der Waals surface area contributed by atoms with Gasteiger partial charge in [0.1, 0.15) is 17.1 Å². The van der Waals surface area contributed by atoms with Gasteiger partial charge in [0.15, 0.2) is 5.82 Å². The number of piperazine rings is 1. The van der Waals surface area contributed by atoms with Crippen molar-refractivity contribution in [1.82, 2.24) is 19.8 Å². The van der Waals surface area contributed by atoms with Crippen LogP contribution in [-0.4, -0.2) is 83.3 Å². The van der Waals surface area contributed by atoms with Crippen molar-refractivity contribution >= 4 is 39.1 Å². The monoisotopic (exact) mass is 579 g/mol. The van der Waals surface area contributed by atoms with E-state index in [0.717, 1.165) is 49.9 Å². The number of aromatic hydroxyl groups is 1. The molecule has 9 heteroatoms. The van der Waals surface area contributed by atoms with Crippen LogP contribution in [0.4, 0.5) is 10.2 Å². The van der Waals surface area contributed by atoms with E-state index in [0.29, 0.717) is 23.4 Å². The smallest absolute Gasteiger partial charge is 0.319 e. The van der Waals surface area contributed by atoms with Crippen LogP contribution < -0.4 is 9.64 Å². The summed E-state index contributed by atoms with van der Waals surface area (Å²) < 4.78 is 22.7. The Morgan fingerprint density at radius 3 is 2.56 bits per heavy atom. The summed E-state index contributed by atoms with van der Waals surface area (Å²) in [4.78, 5) is 16.3. The highest BCUT2D eigenvalue weighted by Gasteiger charge is 2.31. The van der Waals surface area contributed by atoms with E-state index in [-0.39, 0.29) is 39.9 Å². The number of aromatic nitrogens is 2. The molecule has 0 amide bonds. The Kier molecular flexibility index (Phi) is 8.82. The second kappa shape index (κ2) is 12.3. The highest BCUT2D eigenvalue weighted by atomic mass is 35.5. The molecule has 0 unspecified atom stereocenters. The first-order valence-corrected chi connectivity index (χ1v) is 14.8. The predicted molar refractivity (Wildman–Crippen MR) is 166 cm³/mol. The van der Waals surface area contributed by atoms with Crippen molar-refractivity contribution in [3.05, 3.63) is 53.3 Å². The zero-order chi connectivity index (χ0) is 29.3. The molecular formula is C32H39ClFN5O2. The van der Waals surface area contributed by atoms with E-state index < -0.39 is 5.82 Å². The van der Waals surface area contributed by atoms with Crippen molar-refractivity contribution in [1.29, 1.82) is 0 Å². The van der Waals surface area contributed by atoms with Crippen molar-refractivity contribution in [3.63, 3.8) is 0 Å². The molecule has 0 spiro atoms. The van der Waals surface area contributed by atoms with Crippen LogP contribution >= 0.6 is 11.6 Å². The quantitative estimate of drug-likeness (QED) is 0.224. The number of rotatable bonds is 9. The van der Waals surface area contributed by atoms with Gasteiger partial charge in [-0.25, -0.2) is 4.39 Å². The molecule has 2 atom stereocenters. The lowest BCUT2D eigenvalue weighted by Gasteiger charge is -2.43. The van der Waals surface area contributed by atoms with E-state index in [4.69, 9.17) is 21.3 Å². The highest BCUT2D eigenvalue weighted by molar-refractivity contribution is 6.35. The molecule has 4 aromatic rings. The van der Waals surface area contributed by atoms with Crippen LogP contribution in [0.15, 0.2) is 42.5 Å². The molecule has 1 fully saturated rings. The van der Waals surface area contributed by atoms with Crippen LogP contribution in [0.1, 0.15) is 34.1 Å². The summed E-state index contributed by atoms with van der Waals surface area (Å²) in [5.74, 6) is 0.0964. The summed E-state index contributed by atoms with van der Waals surface area (Å²) in [6.07, 6.45) is 0.810. The molecule has 41 heavy (non-hydrogen) atoms. The van der Waals surface area contributed by atoms with Crippen LogP contribution in [0.5, 0.6) is 11.8 Å². The number of phenolic OH excluding ortho intramolecular Hbond substituents is 1. The topological polar surface area (TPSA) is 65.0 Å². The van der Waals surface area contributed by atoms with Crippen molar-refractivity contribution in [2.75, 3.05) is 51.3 Å². The summed E-state index contributed by atoms with van der Waals surface area (Å²) in [5, 5.41) is 12.8. The molecule has 1 aliphatic heterocycles. The third-order valence-corrected chi connectivity index (χ3v) is 8.57. The molecule has 5 rings (SSSR count). The van der Waals surface area contributed by atoms with E-state index in [2.05, 4.69) is 54.4 Å². The van der Waals surface area contributed by atoms with Gasteiger partial charge in [-0.3, -0.25) is 4.90 Å². The SMILES string of the molecule is CCN(CC)CCCOc1nc(N2C[C@@H](C)N(C)C[C@@H]2C)c2cc(Cl)c(-c3cc(O)cc4ccccc34)c(F)c2n1. The van der Waals surface area contributed by atoms with Crippen LogP contribution in [0.3, 0.4) is 0 Å². The van der Waals surface area contributed by atoms with E-state index >= 15 is 4.39 Å². The second-order valence-corrected chi connectivity index (χ2v) is 11.4. The number of anilines is 1. The van der Waals surface area contributed by atoms with Gasteiger partial charge in [0, 0.05) is 42.7 Å². The number of hydrogen-bond acceptors (Lipinski definition) is 7. The van der Waals surface area contributed by atoms with E-state index in [9.17, 15) is 5.11 Å². The molecule has 218 valence electrons. The number of fused-ring (bicyclic) bond motifs is 2. The van der Waals surface area contributed by atoms with Crippen molar-refractivity contribution < 1.29 is 14.2 Å². The van der Waals surface area contributed by atoms with Gasteiger partial charge in [0.2, 0.25) is 0 Å². The molecule has 0 saturated carbocycles. The Balaban J connectivity index is 1.64. The lowest BCUT2D eigenvalue weighted by Crippen LogP contribution is -2.55. The lowest BCUT2D eigenvalue weighted by molar-refractivity contribution is 0.204. The van der Waals surface area contributed by atoms with Gasteiger partial charge in [-0.1, -0.05) is 49.7 Å². The van der Waals surface area contributed by atoms with Gasteiger partial charge in [-0.05, 0) is 74.9 Å². The fraction of sp³-hybridized carbons (Fsp3) is 0.438. The van der Waals surface area contributed by atoms with Crippen LogP contribution in [-0.2, 0) is 0 Å². The zero-order valence-electron chi connectivity index (χ0n) is 24.5. The molecule has 1 aromatic heterocycles. The van der Waals surface area contributed by atoms with Gasteiger partial charge < -0.3 is 19.6 Å². The molecule has 3 aromatic carbocycles. The van der Waals surface area contributed by atoms with Crippen LogP contribution in [0, 0.1) is 5.82 Å². The number of likely N-dealkylation sites (N-methyl/N-ethyl adjacent to an activating group) is 1. The van der Waals surface area contributed by atoms with Crippen molar-refractivity contribution in [2.24, 2.45) is 0 Å². The summed E-state index contributed by atoms with van der Waals surface area (Å²) in [7, 11) is 2.11. The molecule has 0 bridgehead atoms. The minimum atomic E-state index is -0.560. The molecule has 1 saturated heterocycles. The Bertz CT molecular complexity index is 1550.